The van der Waals surface area contributed by atoms with E-state index in [4.69, 9.17) is 14.5 Å². The number of nitrogens with zero attached hydrogens (tertiary/aromatic N) is 3. The molecule has 5 rings (SSSR count). The summed E-state index contributed by atoms with van der Waals surface area (Å²) in [6, 6.07) is 9.77. The Morgan fingerprint density at radius 2 is 1.91 bits per heavy atom. The molecular formula is C31H37IN6O6S. The quantitative estimate of drug-likeness (QED) is 0.142. The van der Waals surface area contributed by atoms with E-state index in [2.05, 4.69) is 43.5 Å². The molecule has 2 atom stereocenters. The Balaban J connectivity index is 1.45. The fraction of sp³-hybridized carbons (Fsp3) is 0.419. The topological polar surface area (TPSA) is 152 Å². The van der Waals surface area contributed by atoms with Crippen LogP contribution in [0.3, 0.4) is 0 Å². The van der Waals surface area contributed by atoms with Crippen LogP contribution in [0.5, 0.6) is 5.75 Å². The van der Waals surface area contributed by atoms with Gasteiger partial charge in [0.2, 0.25) is 5.95 Å². The monoisotopic (exact) mass is 748 g/mol. The average molecular weight is 749 g/mol. The van der Waals surface area contributed by atoms with Gasteiger partial charge in [0.05, 0.1) is 34.7 Å². The summed E-state index contributed by atoms with van der Waals surface area (Å²) in [5.41, 5.74) is 3.08. The van der Waals surface area contributed by atoms with E-state index in [9.17, 15) is 18.0 Å². The number of esters is 1. The predicted octanol–water partition coefficient (Wildman–Crippen LogP) is 4.73. The van der Waals surface area contributed by atoms with Crippen molar-refractivity contribution in [1.29, 1.82) is 0 Å². The Bertz CT molecular complexity index is 1720. The van der Waals surface area contributed by atoms with Gasteiger partial charge in [0.15, 0.2) is 9.84 Å². The summed E-state index contributed by atoms with van der Waals surface area (Å²) >= 11 is 2.21. The van der Waals surface area contributed by atoms with Crippen LogP contribution >= 0.6 is 22.6 Å². The van der Waals surface area contributed by atoms with Crippen LogP contribution in [0.15, 0.2) is 47.5 Å². The van der Waals surface area contributed by atoms with Crippen molar-refractivity contribution in [1.82, 2.24) is 20.2 Å². The molecule has 12 nitrogen and oxygen atoms in total. The van der Waals surface area contributed by atoms with Gasteiger partial charge in [-0.3, -0.25) is 9.59 Å². The highest BCUT2D eigenvalue weighted by Gasteiger charge is 2.40. The zero-order valence-electron chi connectivity index (χ0n) is 25.8. The van der Waals surface area contributed by atoms with Crippen molar-refractivity contribution in [2.45, 2.75) is 73.4 Å². The van der Waals surface area contributed by atoms with Crippen LogP contribution in [0.4, 0.5) is 23.1 Å². The van der Waals surface area contributed by atoms with Gasteiger partial charge in [-0.1, -0.05) is 34.7 Å². The fourth-order valence-corrected chi connectivity index (χ4v) is 7.14. The highest BCUT2D eigenvalue weighted by atomic mass is 127. The molecule has 0 aliphatic carbocycles. The van der Waals surface area contributed by atoms with E-state index in [0.29, 0.717) is 52.4 Å². The van der Waals surface area contributed by atoms with Crippen molar-refractivity contribution >= 4 is 67.4 Å². The Hall–Kier alpha value is -3.50. The maximum atomic E-state index is 13.6. The predicted molar refractivity (Wildman–Crippen MR) is 179 cm³/mol. The molecule has 0 saturated carbocycles. The van der Waals surface area contributed by atoms with Crippen molar-refractivity contribution in [3.05, 3.63) is 59.3 Å². The van der Waals surface area contributed by atoms with Crippen molar-refractivity contribution in [3.63, 3.8) is 0 Å². The lowest BCUT2D eigenvalue weighted by Crippen LogP contribution is -2.36. The minimum atomic E-state index is -3.56. The number of benzene rings is 2. The Morgan fingerprint density at radius 1 is 1.16 bits per heavy atom. The molecular weight excluding hydrogens is 711 g/mol. The second kappa shape index (κ2) is 13.5. The molecule has 3 N–H and O–H groups in total. The number of hydrogen-bond donors (Lipinski definition) is 3. The van der Waals surface area contributed by atoms with E-state index in [1.807, 2.05) is 19.9 Å². The molecule has 3 heterocycles. The van der Waals surface area contributed by atoms with Crippen LogP contribution < -0.4 is 20.7 Å². The van der Waals surface area contributed by atoms with E-state index in [0.717, 1.165) is 11.1 Å². The van der Waals surface area contributed by atoms with Gasteiger partial charge in [-0.2, -0.15) is 4.98 Å². The molecule has 0 spiro atoms. The number of hydrogen-bond acceptors (Lipinski definition) is 11. The number of amides is 1. The number of para-hydroxylation sites is 1. The van der Waals surface area contributed by atoms with Crippen LogP contribution in [0.2, 0.25) is 0 Å². The lowest BCUT2D eigenvalue weighted by Gasteiger charge is -2.22. The molecule has 2 aromatic carbocycles. The zero-order chi connectivity index (χ0) is 32.5. The normalized spacial score (nSPS) is 18.0. The lowest BCUT2D eigenvalue weighted by molar-refractivity contribution is -0.142. The van der Waals surface area contributed by atoms with Crippen LogP contribution in [0.25, 0.3) is 0 Å². The molecule has 0 radical (unpaired) electrons. The van der Waals surface area contributed by atoms with Gasteiger partial charge < -0.3 is 30.3 Å². The van der Waals surface area contributed by atoms with E-state index in [-0.39, 0.29) is 34.9 Å². The van der Waals surface area contributed by atoms with Crippen LogP contribution in [-0.2, 0) is 30.3 Å². The summed E-state index contributed by atoms with van der Waals surface area (Å²) in [5, 5.41) is 9.01. The number of anilines is 4. The molecule has 45 heavy (non-hydrogen) atoms. The molecule has 2 aliphatic heterocycles. The van der Waals surface area contributed by atoms with Crippen molar-refractivity contribution in [3.8, 4) is 5.75 Å². The number of rotatable bonds is 11. The second-order valence-electron chi connectivity index (χ2n) is 11.5. The second-order valence-corrected chi connectivity index (χ2v) is 14.8. The third-order valence-electron chi connectivity index (χ3n) is 7.76. The number of sulfone groups is 1. The van der Waals surface area contributed by atoms with Gasteiger partial charge in [-0.25, -0.2) is 13.4 Å². The number of alkyl halides is 1. The zero-order valence-corrected chi connectivity index (χ0v) is 28.7. The highest BCUT2D eigenvalue weighted by molar-refractivity contribution is 14.1. The first-order valence-corrected chi connectivity index (χ1v) is 17.7. The van der Waals surface area contributed by atoms with Crippen molar-refractivity contribution in [2.75, 3.05) is 24.3 Å². The SMILES string of the molecule is COC(=O)[C@@H]1C[C@@H](N2Cc3cc(OC(C)C)c(Nc4ncc(CI)c(Nc5ccccc5S(=O)(=O)C(C)C)n4)cc3C2=O)CN1. The number of carbonyl (C=O) groups is 2. The smallest absolute Gasteiger partial charge is 0.322 e. The van der Waals surface area contributed by atoms with E-state index in [1.165, 1.54) is 7.11 Å². The highest BCUT2D eigenvalue weighted by Crippen LogP contribution is 2.37. The standard InChI is InChI=1S/C31H37IN6O6S/c1-17(2)44-26-10-19-16-38(21-11-25(33-15-21)30(40)43-5)29(39)22(19)12-24(26)36-31-34-14-20(13-32)28(37-31)35-23-8-6-7-9-27(23)45(41,42)18(3)4/h6-10,12,14,17-18,21,25,33H,11,13,15-16H2,1-5H3,(H2,34,35,36,37)/t21-,25+/m1/s1. The summed E-state index contributed by atoms with van der Waals surface area (Å²) in [4.78, 5) is 36.8. The number of ether oxygens (including phenoxy) is 2. The van der Waals surface area contributed by atoms with Gasteiger partial charge in [0.1, 0.15) is 17.6 Å². The molecule has 240 valence electrons. The molecule has 2 aliphatic rings. The van der Waals surface area contributed by atoms with Gasteiger partial charge >= 0.3 is 5.97 Å². The Labute approximate surface area is 276 Å². The number of carbonyl (C=O) groups excluding carboxylic acids is 2. The maximum absolute atomic E-state index is 13.6. The lowest BCUT2D eigenvalue weighted by atomic mass is 10.1. The van der Waals surface area contributed by atoms with Crippen molar-refractivity contribution < 1.29 is 27.5 Å². The molecule has 1 aromatic heterocycles. The summed E-state index contributed by atoms with van der Waals surface area (Å²) in [6.45, 7) is 8.03. The summed E-state index contributed by atoms with van der Waals surface area (Å²) in [5.74, 6) is 0.769. The van der Waals surface area contributed by atoms with Crippen molar-refractivity contribution in [2.24, 2.45) is 0 Å². The number of nitrogens with one attached hydrogen (secondary N) is 3. The maximum Gasteiger partial charge on any atom is 0.322 e. The summed E-state index contributed by atoms with van der Waals surface area (Å²) in [7, 11) is -2.20. The van der Waals surface area contributed by atoms with Crippen LogP contribution in [0, 0.1) is 0 Å². The Morgan fingerprint density at radius 3 is 2.60 bits per heavy atom. The van der Waals surface area contributed by atoms with Gasteiger partial charge in [0.25, 0.3) is 5.91 Å². The summed E-state index contributed by atoms with van der Waals surface area (Å²) in [6.07, 6.45) is 2.01. The minimum absolute atomic E-state index is 0.132. The van der Waals surface area contributed by atoms with Crippen LogP contribution in [-0.4, -0.2) is 72.3 Å². The third kappa shape index (κ3) is 6.87. The summed E-state index contributed by atoms with van der Waals surface area (Å²) < 4.78 is 37.7. The molecule has 0 bridgehead atoms. The largest absolute Gasteiger partial charge is 0.489 e. The van der Waals surface area contributed by atoms with Gasteiger partial charge in [-0.15, -0.1) is 0 Å². The first-order chi connectivity index (χ1) is 21.4. The average Bonchev–Trinajstić information content (AvgIpc) is 3.62. The van der Waals surface area contributed by atoms with E-state index < -0.39 is 21.1 Å². The molecule has 1 fully saturated rings. The minimum Gasteiger partial charge on any atom is -0.489 e. The molecule has 0 unspecified atom stereocenters. The van der Waals surface area contributed by atoms with Gasteiger partial charge in [-0.05, 0) is 63.9 Å². The first kappa shape index (κ1) is 32.9. The van der Waals surface area contributed by atoms with E-state index >= 15 is 0 Å². The number of fused-ring (bicyclic) bond motifs is 1. The fourth-order valence-electron chi connectivity index (χ4n) is 5.38. The molecule has 3 aromatic rings. The van der Waals surface area contributed by atoms with E-state index in [1.54, 1.807) is 55.3 Å². The van der Waals surface area contributed by atoms with Crippen LogP contribution in [0.1, 0.15) is 55.6 Å². The number of methoxy groups -OCH3 is 1. The molecule has 1 saturated heterocycles. The third-order valence-corrected chi connectivity index (χ3v) is 10.8. The first-order valence-electron chi connectivity index (χ1n) is 14.7. The molecule has 1 amide bonds. The van der Waals surface area contributed by atoms with Gasteiger partial charge in [0, 0.05) is 40.9 Å². The number of halogens is 1. The number of aromatic nitrogens is 2. The Kier molecular flexibility index (Phi) is 9.84. The molecule has 14 heteroatoms.